The molecule has 8 heteroatoms. The van der Waals surface area contributed by atoms with E-state index in [0.29, 0.717) is 46.7 Å². The van der Waals surface area contributed by atoms with Crippen molar-refractivity contribution in [3.05, 3.63) is 119 Å². The van der Waals surface area contributed by atoms with E-state index in [2.05, 4.69) is 10.3 Å². The van der Waals surface area contributed by atoms with E-state index in [4.69, 9.17) is 9.15 Å². The van der Waals surface area contributed by atoms with E-state index in [0.717, 1.165) is 73.4 Å². The van der Waals surface area contributed by atoms with Crippen LogP contribution in [0.25, 0.3) is 44.3 Å². The lowest BCUT2D eigenvalue weighted by Gasteiger charge is -2.13. The standard InChI is InChI=1S/C41H40N2O6/c44-30-25-34(37-32(28-17-9-7-10-18-28)27-36(45)49-35(37)26-30)48-24-16-6-4-2-1-3-5-15-23-42-41(47)40(46)38-31-21-13-14-22-33(31)43-39(38)29-19-11-8-12-20-29/h7-14,17-22,25-27,43-44H,1-6,15-16,23-24H2,(H,42,47). The zero-order valence-corrected chi connectivity index (χ0v) is 27.4. The number of phenolic OH excluding ortho intramolecular Hbond substituents is 1. The Morgan fingerprint density at radius 1 is 0.735 bits per heavy atom. The zero-order valence-electron chi connectivity index (χ0n) is 27.4. The Morgan fingerprint density at radius 3 is 2.10 bits per heavy atom. The molecule has 3 N–H and O–H groups in total. The Bertz CT molecular complexity index is 2100. The summed E-state index contributed by atoms with van der Waals surface area (Å²) in [5.41, 5.74) is 4.14. The van der Waals surface area contributed by atoms with Gasteiger partial charge in [0.2, 0.25) is 0 Å². The predicted molar refractivity (Wildman–Crippen MR) is 193 cm³/mol. The number of benzene rings is 4. The van der Waals surface area contributed by atoms with Gasteiger partial charge in [0.25, 0.3) is 11.7 Å². The fourth-order valence-electron chi connectivity index (χ4n) is 6.27. The molecule has 6 aromatic rings. The Labute approximate surface area is 284 Å². The molecule has 0 atom stereocenters. The summed E-state index contributed by atoms with van der Waals surface area (Å²) in [7, 11) is 0. The fourth-order valence-corrected chi connectivity index (χ4v) is 6.27. The average molecular weight is 657 g/mol. The maximum Gasteiger partial charge on any atom is 0.336 e. The second-order valence-corrected chi connectivity index (χ2v) is 12.2. The maximum atomic E-state index is 13.3. The van der Waals surface area contributed by atoms with Crippen LogP contribution in [0, 0.1) is 0 Å². The third-order valence-corrected chi connectivity index (χ3v) is 8.69. The minimum absolute atomic E-state index is 0.0199. The molecule has 0 aliphatic carbocycles. The number of nitrogens with one attached hydrogen (secondary N) is 2. The second-order valence-electron chi connectivity index (χ2n) is 12.2. The number of aromatic amines is 1. The molecule has 0 fully saturated rings. The lowest BCUT2D eigenvalue weighted by molar-refractivity contribution is -0.117. The monoisotopic (exact) mass is 656 g/mol. The first kappa shape index (κ1) is 33.3. The molecular weight excluding hydrogens is 616 g/mol. The second kappa shape index (κ2) is 16.0. The van der Waals surface area contributed by atoms with Crippen molar-refractivity contribution in [1.29, 1.82) is 0 Å². The van der Waals surface area contributed by atoms with Crippen LogP contribution in [-0.4, -0.2) is 34.9 Å². The van der Waals surface area contributed by atoms with E-state index in [-0.39, 0.29) is 5.75 Å². The van der Waals surface area contributed by atoms with Gasteiger partial charge in [0, 0.05) is 41.2 Å². The number of phenols is 1. The van der Waals surface area contributed by atoms with Crippen LogP contribution in [0.3, 0.4) is 0 Å². The number of amides is 1. The first-order valence-corrected chi connectivity index (χ1v) is 17.0. The quantitative estimate of drug-likeness (QED) is 0.0414. The van der Waals surface area contributed by atoms with E-state index < -0.39 is 17.3 Å². The number of aromatic nitrogens is 1. The van der Waals surface area contributed by atoms with Crippen molar-refractivity contribution in [2.24, 2.45) is 0 Å². The van der Waals surface area contributed by atoms with Crippen LogP contribution in [0.4, 0.5) is 0 Å². The number of aromatic hydroxyl groups is 1. The van der Waals surface area contributed by atoms with Crippen molar-refractivity contribution in [3.63, 3.8) is 0 Å². The maximum absolute atomic E-state index is 13.3. The molecule has 250 valence electrons. The number of ether oxygens (including phenoxy) is 1. The van der Waals surface area contributed by atoms with Crippen molar-refractivity contribution < 1.29 is 23.8 Å². The number of hydrogen-bond donors (Lipinski definition) is 3. The molecular formula is C41H40N2O6. The SMILES string of the molecule is O=C(NCCCCCCCCCCOc1cc(O)cc2oc(=O)cc(-c3ccccc3)c12)C(=O)c1c(-c2ccccc2)[nH]c2ccccc12. The zero-order chi connectivity index (χ0) is 34.0. The first-order valence-electron chi connectivity index (χ1n) is 17.0. The number of Topliss-reactive ketones (excluding diaryl/α,β-unsaturated/α-hetero) is 1. The van der Waals surface area contributed by atoms with E-state index >= 15 is 0 Å². The topological polar surface area (TPSA) is 122 Å². The number of hydrogen-bond acceptors (Lipinski definition) is 6. The van der Waals surface area contributed by atoms with Gasteiger partial charge in [-0.1, -0.05) is 117 Å². The van der Waals surface area contributed by atoms with Gasteiger partial charge < -0.3 is 24.6 Å². The van der Waals surface area contributed by atoms with Crippen molar-refractivity contribution in [2.45, 2.75) is 51.4 Å². The number of carbonyl (C=O) groups is 2. The molecule has 0 aliphatic heterocycles. The van der Waals surface area contributed by atoms with Gasteiger partial charge in [-0.15, -0.1) is 0 Å². The first-order chi connectivity index (χ1) is 24.0. The van der Waals surface area contributed by atoms with E-state index in [1.165, 1.54) is 12.1 Å². The lowest BCUT2D eigenvalue weighted by Crippen LogP contribution is -2.32. The highest BCUT2D eigenvalue weighted by molar-refractivity contribution is 6.46. The number of ketones is 1. The van der Waals surface area contributed by atoms with Gasteiger partial charge in [0.15, 0.2) is 0 Å². The molecule has 0 saturated carbocycles. The van der Waals surface area contributed by atoms with Gasteiger partial charge in [0.05, 0.1) is 23.3 Å². The fraction of sp³-hybridized carbons (Fsp3) is 0.244. The van der Waals surface area contributed by atoms with Gasteiger partial charge in [0.1, 0.15) is 17.1 Å². The number of H-pyrrole nitrogens is 1. The van der Waals surface area contributed by atoms with Crippen LogP contribution in [0.5, 0.6) is 11.5 Å². The summed E-state index contributed by atoms with van der Waals surface area (Å²) in [6.45, 7) is 0.944. The summed E-state index contributed by atoms with van der Waals surface area (Å²) >= 11 is 0. The van der Waals surface area contributed by atoms with E-state index in [9.17, 15) is 19.5 Å². The van der Waals surface area contributed by atoms with Crippen molar-refractivity contribution in [1.82, 2.24) is 10.3 Å². The van der Waals surface area contributed by atoms with E-state index in [1.54, 1.807) is 6.07 Å². The summed E-state index contributed by atoms with van der Waals surface area (Å²) in [6.07, 6.45) is 7.99. The van der Waals surface area contributed by atoms with Crippen LogP contribution in [0.1, 0.15) is 61.7 Å². The summed E-state index contributed by atoms with van der Waals surface area (Å²) in [5.74, 6) is -0.637. The highest BCUT2D eigenvalue weighted by Gasteiger charge is 2.24. The number of unbranched alkanes of at least 4 members (excludes halogenated alkanes) is 7. The molecule has 49 heavy (non-hydrogen) atoms. The molecule has 2 heterocycles. The Kier molecular flexibility index (Phi) is 10.9. The van der Waals surface area contributed by atoms with Gasteiger partial charge in [-0.2, -0.15) is 0 Å². The largest absolute Gasteiger partial charge is 0.508 e. The molecule has 0 spiro atoms. The summed E-state index contributed by atoms with van der Waals surface area (Å²) in [6, 6.07) is 31.2. The van der Waals surface area contributed by atoms with Gasteiger partial charge in [-0.25, -0.2) is 4.79 Å². The van der Waals surface area contributed by atoms with Crippen molar-refractivity contribution in [3.8, 4) is 33.9 Å². The van der Waals surface area contributed by atoms with Crippen LogP contribution in [0.15, 0.2) is 112 Å². The number of fused-ring (bicyclic) bond motifs is 2. The minimum Gasteiger partial charge on any atom is -0.508 e. The predicted octanol–water partition coefficient (Wildman–Crippen LogP) is 8.81. The number of para-hydroxylation sites is 1. The Morgan fingerprint density at radius 2 is 1.37 bits per heavy atom. The van der Waals surface area contributed by atoms with Gasteiger partial charge in [-0.05, 0) is 30.0 Å². The molecule has 1 amide bonds. The number of carbonyl (C=O) groups excluding carboxylic acids is 2. The third kappa shape index (κ3) is 8.09. The highest BCUT2D eigenvalue weighted by atomic mass is 16.5. The lowest BCUT2D eigenvalue weighted by atomic mass is 10.0. The molecule has 6 rings (SSSR count). The summed E-state index contributed by atoms with van der Waals surface area (Å²) < 4.78 is 11.5. The molecule has 8 nitrogen and oxygen atoms in total. The van der Waals surface area contributed by atoms with Gasteiger partial charge in [-0.3, -0.25) is 9.59 Å². The Balaban J connectivity index is 0.900. The van der Waals surface area contributed by atoms with E-state index in [1.807, 2.05) is 84.9 Å². The van der Waals surface area contributed by atoms with Crippen LogP contribution < -0.4 is 15.7 Å². The molecule has 0 unspecified atom stereocenters. The highest BCUT2D eigenvalue weighted by Crippen LogP contribution is 2.37. The average Bonchev–Trinajstić information content (AvgIpc) is 3.51. The van der Waals surface area contributed by atoms with Crippen molar-refractivity contribution in [2.75, 3.05) is 13.2 Å². The summed E-state index contributed by atoms with van der Waals surface area (Å²) in [5, 5.41) is 14.5. The van der Waals surface area contributed by atoms with Crippen LogP contribution >= 0.6 is 0 Å². The minimum atomic E-state index is -0.580. The Hall–Kier alpha value is -5.63. The third-order valence-electron chi connectivity index (χ3n) is 8.69. The smallest absolute Gasteiger partial charge is 0.336 e. The number of rotatable bonds is 16. The molecule has 0 bridgehead atoms. The molecule has 0 radical (unpaired) electrons. The normalized spacial score (nSPS) is 11.2. The van der Waals surface area contributed by atoms with Gasteiger partial charge >= 0.3 is 5.63 Å². The van der Waals surface area contributed by atoms with Crippen LogP contribution in [-0.2, 0) is 4.79 Å². The molecule has 0 aliphatic rings. The van der Waals surface area contributed by atoms with Crippen LogP contribution in [0.2, 0.25) is 0 Å². The molecule has 4 aromatic carbocycles. The van der Waals surface area contributed by atoms with Crippen molar-refractivity contribution >= 4 is 33.6 Å². The molecule has 2 aromatic heterocycles. The molecule has 0 saturated heterocycles. The summed E-state index contributed by atoms with van der Waals surface area (Å²) in [4.78, 5) is 41.7.